The molecule has 4 aromatic rings. The highest BCUT2D eigenvalue weighted by atomic mass is 35.5. The molecule has 0 aliphatic rings. The molecule has 0 saturated carbocycles. The van der Waals surface area contributed by atoms with E-state index in [-0.39, 0.29) is 10.7 Å². The highest BCUT2D eigenvalue weighted by Crippen LogP contribution is 2.41. The second kappa shape index (κ2) is 7.68. The lowest BCUT2D eigenvalue weighted by Gasteiger charge is -2.14. The van der Waals surface area contributed by atoms with Gasteiger partial charge in [-0.25, -0.2) is 4.39 Å². The van der Waals surface area contributed by atoms with Gasteiger partial charge in [0.25, 0.3) is 10.1 Å². The third-order valence-corrected chi connectivity index (χ3v) is 5.88. The summed E-state index contributed by atoms with van der Waals surface area (Å²) in [4.78, 5) is 4.22. The first kappa shape index (κ1) is 20.3. The molecule has 5 nitrogen and oxygen atoms in total. The smallest absolute Gasteiger partial charge is 0.294 e. The zero-order valence-corrected chi connectivity index (χ0v) is 17.2. The van der Waals surface area contributed by atoms with E-state index in [9.17, 15) is 17.4 Å². The van der Waals surface area contributed by atoms with Crippen molar-refractivity contribution >= 4 is 32.5 Å². The van der Waals surface area contributed by atoms with E-state index in [4.69, 9.17) is 16.3 Å². The van der Waals surface area contributed by atoms with Crippen molar-refractivity contribution in [3.8, 4) is 28.1 Å². The number of pyridine rings is 1. The molecule has 0 radical (unpaired) electrons. The lowest BCUT2D eigenvalue weighted by Crippen LogP contribution is -1.98. The third-order valence-electron chi connectivity index (χ3n) is 4.71. The summed E-state index contributed by atoms with van der Waals surface area (Å²) in [5.74, 6) is 0.0921. The van der Waals surface area contributed by atoms with E-state index in [1.54, 1.807) is 36.4 Å². The van der Waals surface area contributed by atoms with Gasteiger partial charge in [-0.2, -0.15) is 8.42 Å². The average Bonchev–Trinajstić information content (AvgIpc) is 2.72. The quantitative estimate of drug-likeness (QED) is 0.414. The molecule has 0 bridgehead atoms. The van der Waals surface area contributed by atoms with Crippen LogP contribution in [0.1, 0.15) is 0 Å². The molecule has 0 amide bonds. The van der Waals surface area contributed by atoms with Crippen molar-refractivity contribution in [3.63, 3.8) is 0 Å². The molecule has 1 N–H and O–H groups in total. The van der Waals surface area contributed by atoms with Crippen molar-refractivity contribution in [2.45, 2.75) is 4.90 Å². The van der Waals surface area contributed by atoms with E-state index >= 15 is 0 Å². The topological polar surface area (TPSA) is 76.5 Å². The molecule has 30 heavy (non-hydrogen) atoms. The van der Waals surface area contributed by atoms with E-state index < -0.39 is 10.1 Å². The average molecular weight is 444 g/mol. The molecule has 4 rings (SSSR count). The Morgan fingerprint density at radius 2 is 1.83 bits per heavy atom. The summed E-state index contributed by atoms with van der Waals surface area (Å²) < 4.78 is 51.4. The molecule has 0 aliphatic carbocycles. The molecular formula is C22H15ClFNO4S. The van der Waals surface area contributed by atoms with E-state index in [0.717, 1.165) is 0 Å². The van der Waals surface area contributed by atoms with Gasteiger partial charge in [-0.3, -0.25) is 9.54 Å². The minimum atomic E-state index is -4.33. The van der Waals surface area contributed by atoms with Gasteiger partial charge in [0, 0.05) is 27.7 Å². The van der Waals surface area contributed by atoms with Crippen LogP contribution in [0.3, 0.4) is 0 Å². The van der Waals surface area contributed by atoms with E-state index in [1.165, 1.54) is 37.6 Å². The zero-order valence-electron chi connectivity index (χ0n) is 15.6. The Balaban J connectivity index is 1.92. The van der Waals surface area contributed by atoms with Gasteiger partial charge < -0.3 is 4.74 Å². The maximum atomic E-state index is 13.7. The Morgan fingerprint density at radius 3 is 2.53 bits per heavy atom. The van der Waals surface area contributed by atoms with Crippen LogP contribution in [0.15, 0.2) is 71.8 Å². The normalized spacial score (nSPS) is 11.6. The van der Waals surface area contributed by atoms with Crippen molar-refractivity contribution in [1.29, 1.82) is 0 Å². The number of aromatic nitrogens is 1. The lowest BCUT2D eigenvalue weighted by molar-refractivity contribution is 0.416. The number of methoxy groups -OCH3 is 1. The predicted molar refractivity (Wildman–Crippen MR) is 114 cm³/mol. The van der Waals surface area contributed by atoms with Gasteiger partial charge in [0.15, 0.2) is 0 Å². The van der Waals surface area contributed by atoms with Crippen molar-refractivity contribution in [2.75, 3.05) is 7.11 Å². The third kappa shape index (κ3) is 3.75. The molecule has 0 aliphatic heterocycles. The summed E-state index contributed by atoms with van der Waals surface area (Å²) in [5.41, 5.74) is 2.32. The van der Waals surface area contributed by atoms with Crippen LogP contribution in [-0.2, 0) is 10.1 Å². The van der Waals surface area contributed by atoms with Gasteiger partial charge in [0.1, 0.15) is 11.6 Å². The van der Waals surface area contributed by atoms with Crippen LogP contribution >= 0.6 is 11.6 Å². The number of hydrogen-bond acceptors (Lipinski definition) is 4. The van der Waals surface area contributed by atoms with Crippen LogP contribution in [0.4, 0.5) is 4.39 Å². The summed E-state index contributed by atoms with van der Waals surface area (Å²) in [6, 6.07) is 15.3. The van der Waals surface area contributed by atoms with E-state index in [0.29, 0.717) is 43.9 Å². The molecule has 1 aromatic heterocycles. The lowest BCUT2D eigenvalue weighted by atomic mass is 9.98. The van der Waals surface area contributed by atoms with Crippen molar-refractivity contribution in [1.82, 2.24) is 4.98 Å². The molecule has 3 aromatic carbocycles. The Hall–Kier alpha value is -3.00. The maximum absolute atomic E-state index is 13.7. The highest BCUT2D eigenvalue weighted by Gasteiger charge is 2.17. The first-order valence-corrected chi connectivity index (χ1v) is 10.6. The summed E-state index contributed by atoms with van der Waals surface area (Å²) >= 11 is 6.51. The molecule has 0 saturated heterocycles. The van der Waals surface area contributed by atoms with Gasteiger partial charge in [-0.15, -0.1) is 0 Å². The largest absolute Gasteiger partial charge is 0.496 e. The number of rotatable bonds is 4. The maximum Gasteiger partial charge on any atom is 0.294 e. The van der Waals surface area contributed by atoms with E-state index in [2.05, 4.69) is 4.98 Å². The number of hydrogen-bond donors (Lipinski definition) is 1. The fourth-order valence-corrected chi connectivity index (χ4v) is 4.10. The standard InChI is InChI=1S/C22H15ClFNO4S/c1-29-21-12-18(13-3-2-4-15(24)9-13)20(23)11-19(21)22-17-6-5-16(30(26,27)28)10-14(17)7-8-25-22/h2-12H,1H3,(H,26,27,28). The van der Waals surface area contributed by atoms with Crippen molar-refractivity contribution in [3.05, 3.63) is 77.7 Å². The van der Waals surface area contributed by atoms with Gasteiger partial charge in [0.05, 0.1) is 17.7 Å². The second-order valence-corrected chi connectivity index (χ2v) is 8.39. The second-order valence-electron chi connectivity index (χ2n) is 6.56. The van der Waals surface area contributed by atoms with Crippen LogP contribution in [0.25, 0.3) is 33.2 Å². The summed E-state index contributed by atoms with van der Waals surface area (Å²) in [5, 5.41) is 1.60. The monoisotopic (exact) mass is 443 g/mol. The van der Waals surface area contributed by atoms with Crippen LogP contribution in [-0.4, -0.2) is 25.1 Å². The van der Waals surface area contributed by atoms with Gasteiger partial charge >= 0.3 is 0 Å². The van der Waals surface area contributed by atoms with Gasteiger partial charge in [-0.1, -0.05) is 29.8 Å². The summed E-state index contributed by atoms with van der Waals surface area (Å²) in [6.07, 6.45) is 1.53. The Bertz CT molecular complexity index is 1390. The fourth-order valence-electron chi connectivity index (χ4n) is 3.32. The number of benzene rings is 3. The predicted octanol–water partition coefficient (Wildman–Crippen LogP) is 5.62. The van der Waals surface area contributed by atoms with Gasteiger partial charge in [-0.05, 0) is 53.4 Å². The molecular weight excluding hydrogens is 429 g/mol. The van der Waals surface area contributed by atoms with E-state index in [1.807, 2.05) is 0 Å². The minimum absolute atomic E-state index is 0.210. The molecule has 0 fully saturated rings. The number of nitrogens with zero attached hydrogens (tertiary/aromatic N) is 1. The zero-order chi connectivity index (χ0) is 21.5. The Kier molecular flexibility index (Phi) is 5.19. The Labute approximate surface area is 177 Å². The molecule has 1 heterocycles. The minimum Gasteiger partial charge on any atom is -0.496 e. The Morgan fingerprint density at radius 1 is 1.03 bits per heavy atom. The van der Waals surface area contributed by atoms with Crippen molar-refractivity contribution in [2.24, 2.45) is 0 Å². The van der Waals surface area contributed by atoms with Gasteiger partial charge in [0.2, 0.25) is 0 Å². The van der Waals surface area contributed by atoms with Crippen molar-refractivity contribution < 1.29 is 22.1 Å². The van der Waals surface area contributed by atoms with Crippen LogP contribution < -0.4 is 4.74 Å². The summed E-state index contributed by atoms with van der Waals surface area (Å²) in [6.45, 7) is 0. The SMILES string of the molecule is COc1cc(-c2cccc(F)c2)c(Cl)cc1-c1nccc2cc(S(=O)(=O)O)ccc12. The van der Waals surface area contributed by atoms with Crippen LogP contribution in [0.2, 0.25) is 5.02 Å². The fraction of sp³-hybridized carbons (Fsp3) is 0.0455. The number of fused-ring (bicyclic) bond motifs is 1. The first-order valence-electron chi connectivity index (χ1n) is 8.78. The number of halogens is 2. The van der Waals surface area contributed by atoms with Crippen LogP contribution in [0, 0.1) is 5.82 Å². The summed E-state index contributed by atoms with van der Waals surface area (Å²) in [7, 11) is -2.82. The number of ether oxygens (including phenoxy) is 1. The molecule has 152 valence electrons. The molecule has 8 heteroatoms. The first-order chi connectivity index (χ1) is 14.3. The molecule has 0 unspecified atom stereocenters. The highest BCUT2D eigenvalue weighted by molar-refractivity contribution is 7.85. The molecule has 0 atom stereocenters. The molecule has 0 spiro atoms. The van der Waals surface area contributed by atoms with Crippen LogP contribution in [0.5, 0.6) is 5.75 Å².